The summed E-state index contributed by atoms with van der Waals surface area (Å²) in [5.74, 6) is -0.167. The predicted octanol–water partition coefficient (Wildman–Crippen LogP) is 3.06. The first-order valence-corrected chi connectivity index (χ1v) is 10.3. The summed E-state index contributed by atoms with van der Waals surface area (Å²) < 4.78 is 26.5. The van der Waals surface area contributed by atoms with Gasteiger partial charge in [0, 0.05) is 18.2 Å². The van der Waals surface area contributed by atoms with Crippen molar-refractivity contribution in [2.24, 2.45) is 0 Å². The number of hydrogen-bond donors (Lipinski definition) is 2. The molecule has 2 rings (SSSR count). The Labute approximate surface area is 155 Å². The van der Waals surface area contributed by atoms with E-state index in [1.54, 1.807) is 26.0 Å². The highest BCUT2D eigenvalue weighted by molar-refractivity contribution is 7.88. The molecule has 2 N–H and O–H groups in total. The van der Waals surface area contributed by atoms with Gasteiger partial charge in [-0.3, -0.25) is 4.79 Å². The van der Waals surface area contributed by atoms with Crippen molar-refractivity contribution >= 4 is 15.9 Å². The Balaban J connectivity index is 1.97. The molecule has 0 radical (unpaired) electrons. The van der Waals surface area contributed by atoms with Crippen molar-refractivity contribution in [3.8, 4) is 0 Å². The lowest BCUT2D eigenvalue weighted by Gasteiger charge is -2.11. The molecule has 0 spiro atoms. The van der Waals surface area contributed by atoms with E-state index in [2.05, 4.69) is 10.0 Å². The first kappa shape index (κ1) is 20.1. The second-order valence-corrected chi connectivity index (χ2v) is 8.53. The molecule has 6 heteroatoms. The molecular formula is C20H26N2O3S. The number of rotatable bonds is 7. The zero-order valence-corrected chi connectivity index (χ0v) is 16.5. The van der Waals surface area contributed by atoms with Gasteiger partial charge < -0.3 is 5.32 Å². The number of carbonyl (C=O) groups is 1. The number of nitrogens with one attached hydrogen (secondary N) is 2. The second kappa shape index (κ2) is 8.47. The summed E-state index contributed by atoms with van der Waals surface area (Å²) in [4.78, 5) is 12.3. The molecule has 0 heterocycles. The summed E-state index contributed by atoms with van der Waals surface area (Å²) >= 11 is 0. The molecule has 0 bridgehead atoms. The highest BCUT2D eigenvalue weighted by Crippen LogP contribution is 2.13. The maximum Gasteiger partial charge on any atom is 0.251 e. The van der Waals surface area contributed by atoms with Crippen molar-refractivity contribution in [1.29, 1.82) is 0 Å². The maximum atomic E-state index is 12.3. The van der Waals surface area contributed by atoms with Crippen LogP contribution in [0.3, 0.4) is 0 Å². The lowest BCUT2D eigenvalue weighted by atomic mass is 10.0. The van der Waals surface area contributed by atoms with E-state index >= 15 is 0 Å². The van der Waals surface area contributed by atoms with Gasteiger partial charge in [-0.25, -0.2) is 13.1 Å². The molecule has 0 saturated heterocycles. The van der Waals surface area contributed by atoms with Gasteiger partial charge in [0.05, 0.1) is 5.75 Å². The smallest absolute Gasteiger partial charge is 0.251 e. The van der Waals surface area contributed by atoms with Gasteiger partial charge in [-0.1, -0.05) is 36.4 Å². The molecule has 2 aromatic carbocycles. The lowest BCUT2D eigenvalue weighted by Crippen LogP contribution is -2.31. The summed E-state index contributed by atoms with van der Waals surface area (Å²) in [6, 6.07) is 12.8. The zero-order valence-electron chi connectivity index (χ0n) is 15.7. The second-order valence-electron chi connectivity index (χ2n) is 6.78. The Morgan fingerprint density at radius 3 is 2.23 bits per heavy atom. The summed E-state index contributed by atoms with van der Waals surface area (Å²) in [7, 11) is -3.34. The molecular weight excluding hydrogens is 348 g/mol. The van der Waals surface area contributed by atoms with E-state index < -0.39 is 10.0 Å². The number of aryl methyl sites for hydroxylation is 1. The number of carbonyl (C=O) groups excluding carboxylic acids is 1. The van der Waals surface area contributed by atoms with Gasteiger partial charge in [0.2, 0.25) is 10.0 Å². The van der Waals surface area contributed by atoms with Crippen LogP contribution in [-0.2, 0) is 22.3 Å². The van der Waals surface area contributed by atoms with Gasteiger partial charge in [0.1, 0.15) is 0 Å². The van der Waals surface area contributed by atoms with Crippen molar-refractivity contribution in [2.75, 3.05) is 0 Å². The van der Waals surface area contributed by atoms with E-state index in [0.29, 0.717) is 17.7 Å². The third-order valence-corrected chi connectivity index (χ3v) is 5.64. The van der Waals surface area contributed by atoms with Crippen LogP contribution in [0.15, 0.2) is 42.5 Å². The third-order valence-electron chi connectivity index (χ3n) is 4.10. The van der Waals surface area contributed by atoms with E-state index in [1.165, 1.54) is 0 Å². The van der Waals surface area contributed by atoms with Gasteiger partial charge in [-0.05, 0) is 56.0 Å². The lowest BCUT2D eigenvalue weighted by molar-refractivity contribution is 0.0950. The highest BCUT2D eigenvalue weighted by Gasteiger charge is 2.13. The van der Waals surface area contributed by atoms with Gasteiger partial charge >= 0.3 is 0 Å². The third kappa shape index (κ3) is 5.68. The van der Waals surface area contributed by atoms with E-state index in [9.17, 15) is 13.2 Å². The molecule has 0 aliphatic heterocycles. The van der Waals surface area contributed by atoms with E-state index in [0.717, 1.165) is 16.7 Å². The zero-order chi connectivity index (χ0) is 19.3. The summed E-state index contributed by atoms with van der Waals surface area (Å²) in [6.45, 7) is 7.89. The molecule has 140 valence electrons. The van der Waals surface area contributed by atoms with Crippen LogP contribution in [0.4, 0.5) is 0 Å². The fourth-order valence-corrected chi connectivity index (χ4v) is 4.08. The average Bonchev–Trinajstić information content (AvgIpc) is 2.55. The molecule has 0 aliphatic rings. The Bertz CT molecular complexity index is 872. The normalized spacial score (nSPS) is 11.6. The first-order valence-electron chi connectivity index (χ1n) is 8.60. The number of hydrogen-bond acceptors (Lipinski definition) is 3. The number of sulfonamides is 1. The molecule has 1 amide bonds. The van der Waals surface area contributed by atoms with Crippen LogP contribution in [0, 0.1) is 13.8 Å². The summed E-state index contributed by atoms with van der Waals surface area (Å²) in [5, 5.41) is 2.91. The summed E-state index contributed by atoms with van der Waals surface area (Å²) in [5.41, 5.74) is 4.36. The van der Waals surface area contributed by atoms with Crippen molar-refractivity contribution in [3.05, 3.63) is 70.3 Å². The molecule has 2 aromatic rings. The molecule has 0 aromatic heterocycles. The number of amides is 1. The topological polar surface area (TPSA) is 75.3 Å². The minimum Gasteiger partial charge on any atom is -0.348 e. The number of benzene rings is 2. The van der Waals surface area contributed by atoms with Gasteiger partial charge in [-0.2, -0.15) is 0 Å². The maximum absolute atomic E-state index is 12.3. The van der Waals surface area contributed by atoms with Crippen LogP contribution < -0.4 is 10.0 Å². The molecule has 0 unspecified atom stereocenters. The molecule has 0 atom stereocenters. The SMILES string of the molecule is Cc1cccc(C(=O)NCc2ccc(CS(=O)(=O)NC(C)C)cc2)c1C. The fraction of sp³-hybridized carbons (Fsp3) is 0.350. The van der Waals surface area contributed by atoms with Crippen molar-refractivity contribution in [3.63, 3.8) is 0 Å². The summed E-state index contributed by atoms with van der Waals surface area (Å²) in [6.07, 6.45) is 0. The van der Waals surface area contributed by atoms with Gasteiger partial charge in [0.15, 0.2) is 0 Å². The molecule has 26 heavy (non-hydrogen) atoms. The van der Waals surface area contributed by atoms with Gasteiger partial charge in [0.25, 0.3) is 5.91 Å². The van der Waals surface area contributed by atoms with Crippen LogP contribution >= 0.6 is 0 Å². The average molecular weight is 375 g/mol. The quantitative estimate of drug-likeness (QED) is 0.782. The van der Waals surface area contributed by atoms with Crippen LogP contribution in [0.25, 0.3) is 0 Å². The predicted molar refractivity (Wildman–Crippen MR) is 104 cm³/mol. The Morgan fingerprint density at radius 2 is 1.62 bits per heavy atom. The van der Waals surface area contributed by atoms with E-state index in [-0.39, 0.29) is 17.7 Å². The van der Waals surface area contributed by atoms with Crippen LogP contribution in [0.1, 0.15) is 46.5 Å². The van der Waals surface area contributed by atoms with Gasteiger partial charge in [-0.15, -0.1) is 0 Å². The molecule has 5 nitrogen and oxygen atoms in total. The molecule has 0 fully saturated rings. The van der Waals surface area contributed by atoms with E-state index in [1.807, 2.05) is 44.2 Å². The Hall–Kier alpha value is -2.18. The van der Waals surface area contributed by atoms with Crippen LogP contribution in [0.5, 0.6) is 0 Å². The minimum absolute atomic E-state index is 0.0553. The highest BCUT2D eigenvalue weighted by atomic mass is 32.2. The monoisotopic (exact) mass is 374 g/mol. The molecule has 0 aliphatic carbocycles. The van der Waals surface area contributed by atoms with Crippen molar-refractivity contribution in [2.45, 2.75) is 46.0 Å². The Kier molecular flexibility index (Phi) is 6.56. The van der Waals surface area contributed by atoms with Crippen LogP contribution in [-0.4, -0.2) is 20.4 Å². The first-order chi connectivity index (χ1) is 12.2. The Morgan fingerprint density at radius 1 is 1.00 bits per heavy atom. The minimum atomic E-state index is -3.34. The largest absolute Gasteiger partial charge is 0.348 e. The fourth-order valence-electron chi connectivity index (χ4n) is 2.65. The van der Waals surface area contributed by atoms with Crippen molar-refractivity contribution in [1.82, 2.24) is 10.0 Å². The molecule has 0 saturated carbocycles. The van der Waals surface area contributed by atoms with Crippen molar-refractivity contribution < 1.29 is 13.2 Å². The van der Waals surface area contributed by atoms with E-state index in [4.69, 9.17) is 0 Å². The standard InChI is InChI=1S/C20H26N2O3S/c1-14(2)22-26(24,25)13-18-10-8-17(9-11-18)12-21-20(23)19-7-5-6-15(3)16(19)4/h5-11,14,22H,12-13H2,1-4H3,(H,21,23). The van der Waals surface area contributed by atoms with Crippen LogP contribution in [0.2, 0.25) is 0 Å².